The van der Waals surface area contributed by atoms with Gasteiger partial charge in [-0.05, 0) is 6.42 Å². The van der Waals surface area contributed by atoms with Crippen molar-refractivity contribution < 1.29 is 23.6 Å². The van der Waals surface area contributed by atoms with Gasteiger partial charge in [0.2, 0.25) is 5.91 Å². The lowest BCUT2D eigenvalue weighted by Crippen LogP contribution is -2.44. The fourth-order valence-electron chi connectivity index (χ4n) is 1.16. The topological polar surface area (TPSA) is 92.7 Å². The molecule has 0 spiro atoms. The van der Waals surface area contributed by atoms with Crippen LogP contribution in [0.25, 0.3) is 0 Å². The number of carboxylic acids is 1. The monoisotopic (exact) mass is 265 g/mol. The van der Waals surface area contributed by atoms with Gasteiger partial charge in [0.1, 0.15) is 6.04 Å². The largest absolute Gasteiger partial charge is 0.480 e. The number of aliphatic carboxylic acids is 1. The van der Waals surface area contributed by atoms with Crippen molar-refractivity contribution >= 4 is 22.7 Å². The van der Waals surface area contributed by atoms with E-state index in [1.165, 1.54) is 6.92 Å². The van der Waals surface area contributed by atoms with Crippen LogP contribution in [0.4, 0.5) is 0 Å². The van der Waals surface area contributed by atoms with Crippen molar-refractivity contribution in [2.75, 3.05) is 19.5 Å². The lowest BCUT2D eigenvalue weighted by Gasteiger charge is -2.16. The highest BCUT2D eigenvalue weighted by Crippen LogP contribution is 2.04. The first-order valence-corrected chi connectivity index (χ1v) is 6.62. The predicted molar refractivity (Wildman–Crippen MR) is 64.2 cm³/mol. The van der Waals surface area contributed by atoms with Crippen LogP contribution in [-0.2, 0) is 25.1 Å². The number of rotatable bonds is 8. The Balaban J connectivity index is 4.29. The number of methoxy groups -OCH3 is 1. The van der Waals surface area contributed by atoms with Crippen molar-refractivity contribution in [1.29, 1.82) is 0 Å². The molecular formula is C10H19NO5S. The number of carbonyl (C=O) groups is 2. The maximum Gasteiger partial charge on any atom is 0.327 e. The van der Waals surface area contributed by atoms with Crippen LogP contribution in [0.3, 0.4) is 0 Å². The molecule has 0 bridgehead atoms. The third-order valence-electron chi connectivity index (χ3n) is 2.18. The van der Waals surface area contributed by atoms with E-state index in [9.17, 15) is 13.8 Å². The fraction of sp³-hybridized carbons (Fsp3) is 0.800. The number of hydrogen-bond acceptors (Lipinski definition) is 4. The molecule has 1 amide bonds. The number of nitrogens with one attached hydrogen (secondary N) is 1. The molecule has 0 aliphatic heterocycles. The van der Waals surface area contributed by atoms with Crippen molar-refractivity contribution in [2.24, 2.45) is 0 Å². The van der Waals surface area contributed by atoms with E-state index in [1.807, 2.05) is 0 Å². The van der Waals surface area contributed by atoms with Gasteiger partial charge < -0.3 is 15.2 Å². The molecule has 0 aromatic carbocycles. The summed E-state index contributed by atoms with van der Waals surface area (Å²) < 4.78 is 16.6. The van der Waals surface area contributed by atoms with Gasteiger partial charge in [-0.3, -0.25) is 9.00 Å². The quantitative estimate of drug-likeness (QED) is 0.631. The van der Waals surface area contributed by atoms with Crippen molar-refractivity contribution in [3.63, 3.8) is 0 Å². The second kappa shape index (κ2) is 8.19. The lowest BCUT2D eigenvalue weighted by atomic mass is 10.3. The summed E-state index contributed by atoms with van der Waals surface area (Å²) >= 11 is 0. The van der Waals surface area contributed by atoms with Crippen molar-refractivity contribution in [1.82, 2.24) is 5.32 Å². The molecule has 0 fully saturated rings. The summed E-state index contributed by atoms with van der Waals surface area (Å²) in [5, 5.41) is 11.0. The van der Waals surface area contributed by atoms with Crippen LogP contribution in [0.15, 0.2) is 0 Å². The van der Waals surface area contributed by atoms with Crippen molar-refractivity contribution in [3.05, 3.63) is 0 Å². The highest BCUT2D eigenvalue weighted by molar-refractivity contribution is 7.85. The molecule has 0 aromatic rings. The molecule has 6 nitrogen and oxygen atoms in total. The summed E-state index contributed by atoms with van der Waals surface area (Å²) in [7, 11) is 0.240. The van der Waals surface area contributed by atoms with Gasteiger partial charge in [-0.2, -0.15) is 0 Å². The van der Waals surface area contributed by atoms with E-state index >= 15 is 0 Å². The third-order valence-corrected chi connectivity index (χ3v) is 3.98. The van der Waals surface area contributed by atoms with Gasteiger partial charge in [0.15, 0.2) is 0 Å². The summed E-state index contributed by atoms with van der Waals surface area (Å²) in [6.07, 6.45) is 0.593. The SMILES string of the molecule is COCCC(C)S(=O)CC(NC(C)=O)C(=O)O. The van der Waals surface area contributed by atoms with Gasteiger partial charge in [-0.25, -0.2) is 4.79 Å². The highest BCUT2D eigenvalue weighted by Gasteiger charge is 2.23. The number of carboxylic acid groups (broad SMARTS) is 1. The molecule has 3 atom stereocenters. The molecule has 0 saturated heterocycles. The van der Waals surface area contributed by atoms with E-state index in [1.54, 1.807) is 14.0 Å². The minimum absolute atomic E-state index is 0.0835. The summed E-state index contributed by atoms with van der Waals surface area (Å²) in [6.45, 7) is 3.47. The first-order chi connectivity index (χ1) is 7.88. The van der Waals surface area contributed by atoms with Gasteiger partial charge in [-0.15, -0.1) is 0 Å². The predicted octanol–water partition coefficient (Wildman–Crippen LogP) is -0.251. The standard InChI is InChI=1S/C10H19NO5S/c1-7(4-5-16-3)17(15)6-9(10(13)14)11-8(2)12/h7,9H,4-6H2,1-3H3,(H,11,12)(H,13,14). The van der Waals surface area contributed by atoms with Gasteiger partial charge in [0, 0.05) is 36.7 Å². The normalized spacial score (nSPS) is 15.9. The number of hydrogen-bond donors (Lipinski definition) is 2. The van der Waals surface area contributed by atoms with E-state index in [0.717, 1.165) is 0 Å². The minimum atomic E-state index is -1.31. The third kappa shape index (κ3) is 7.06. The van der Waals surface area contributed by atoms with E-state index in [-0.39, 0.29) is 11.0 Å². The van der Waals surface area contributed by atoms with Crippen LogP contribution in [0.5, 0.6) is 0 Å². The zero-order valence-electron chi connectivity index (χ0n) is 10.3. The Hall–Kier alpha value is -0.950. The molecule has 3 unspecified atom stereocenters. The number of amides is 1. The van der Waals surface area contributed by atoms with Gasteiger partial charge >= 0.3 is 5.97 Å². The average Bonchev–Trinajstić information content (AvgIpc) is 2.23. The molecule has 2 N–H and O–H groups in total. The maximum atomic E-state index is 11.8. The minimum Gasteiger partial charge on any atom is -0.480 e. The smallest absolute Gasteiger partial charge is 0.327 e. The molecule has 0 aliphatic carbocycles. The Kier molecular flexibility index (Phi) is 7.73. The summed E-state index contributed by atoms with van der Waals surface area (Å²) in [5.41, 5.74) is 0. The van der Waals surface area contributed by atoms with E-state index in [2.05, 4.69) is 5.32 Å². The van der Waals surface area contributed by atoms with Crippen LogP contribution < -0.4 is 5.32 Å². The highest BCUT2D eigenvalue weighted by atomic mass is 32.2. The fourth-order valence-corrected chi connectivity index (χ4v) is 2.41. The summed E-state index contributed by atoms with van der Waals surface area (Å²) in [6, 6.07) is -1.10. The summed E-state index contributed by atoms with van der Waals surface area (Å²) in [5.74, 6) is -1.70. The Morgan fingerprint density at radius 2 is 2.06 bits per heavy atom. The maximum absolute atomic E-state index is 11.8. The van der Waals surface area contributed by atoms with Crippen LogP contribution in [0, 0.1) is 0 Å². The Bertz CT molecular complexity index is 294. The van der Waals surface area contributed by atoms with Crippen LogP contribution in [0.1, 0.15) is 20.3 Å². The van der Waals surface area contributed by atoms with Crippen LogP contribution in [-0.4, -0.2) is 52.0 Å². The molecule has 0 heterocycles. The number of ether oxygens (including phenoxy) is 1. The molecule has 17 heavy (non-hydrogen) atoms. The molecule has 100 valence electrons. The van der Waals surface area contributed by atoms with Gasteiger partial charge in [-0.1, -0.05) is 6.92 Å². The van der Waals surface area contributed by atoms with E-state index in [0.29, 0.717) is 13.0 Å². The average molecular weight is 265 g/mol. The van der Waals surface area contributed by atoms with Gasteiger partial charge in [0.05, 0.1) is 5.75 Å². The Morgan fingerprint density at radius 3 is 2.47 bits per heavy atom. The first kappa shape index (κ1) is 16.1. The molecule has 0 aromatic heterocycles. The lowest BCUT2D eigenvalue weighted by molar-refractivity contribution is -0.140. The second-order valence-electron chi connectivity index (χ2n) is 3.73. The Morgan fingerprint density at radius 1 is 1.47 bits per heavy atom. The zero-order valence-corrected chi connectivity index (χ0v) is 11.1. The molecule has 0 radical (unpaired) electrons. The Labute approximate surface area is 103 Å². The van der Waals surface area contributed by atoms with Crippen molar-refractivity contribution in [2.45, 2.75) is 31.6 Å². The molecule has 7 heteroatoms. The first-order valence-electron chi connectivity index (χ1n) is 5.24. The van der Waals surface area contributed by atoms with Crippen LogP contribution >= 0.6 is 0 Å². The second-order valence-corrected chi connectivity index (χ2v) is 5.63. The zero-order chi connectivity index (χ0) is 13.4. The summed E-state index contributed by atoms with van der Waals surface area (Å²) in [4.78, 5) is 21.6. The number of carbonyl (C=O) groups excluding carboxylic acids is 1. The molecule has 0 aliphatic rings. The van der Waals surface area contributed by atoms with Gasteiger partial charge in [0.25, 0.3) is 0 Å². The molecular weight excluding hydrogens is 246 g/mol. The van der Waals surface area contributed by atoms with Crippen molar-refractivity contribution in [3.8, 4) is 0 Å². The molecule has 0 saturated carbocycles. The van der Waals surface area contributed by atoms with Crippen LogP contribution in [0.2, 0.25) is 0 Å². The molecule has 0 rings (SSSR count). The van der Waals surface area contributed by atoms with E-state index in [4.69, 9.17) is 9.84 Å². The van der Waals surface area contributed by atoms with E-state index < -0.39 is 28.7 Å².